The third-order valence-electron chi connectivity index (χ3n) is 3.31. The van der Waals surface area contributed by atoms with E-state index in [0.29, 0.717) is 23.6 Å². The van der Waals surface area contributed by atoms with E-state index in [4.69, 9.17) is 4.74 Å². The zero-order chi connectivity index (χ0) is 15.9. The molecule has 0 spiro atoms. The standard InChI is InChI=1S/C19H16N2O2/c22-19(16-10-12-20-13-11-16)21-17-8-4-5-9-18(17)23-14-15-6-2-1-3-7-15/h1-13H,14H2,(H,21,22). The van der Waals surface area contributed by atoms with Gasteiger partial charge in [0.05, 0.1) is 5.69 Å². The Kier molecular flexibility index (Phi) is 4.64. The van der Waals surface area contributed by atoms with Crippen molar-refractivity contribution in [3.8, 4) is 5.75 Å². The Morgan fingerprint density at radius 3 is 2.39 bits per heavy atom. The summed E-state index contributed by atoms with van der Waals surface area (Å²) in [6.45, 7) is 0.447. The summed E-state index contributed by atoms with van der Waals surface area (Å²) in [5, 5.41) is 2.87. The number of carbonyl (C=O) groups is 1. The van der Waals surface area contributed by atoms with Crippen molar-refractivity contribution in [1.82, 2.24) is 4.98 Å². The Morgan fingerprint density at radius 2 is 1.61 bits per heavy atom. The molecule has 3 aromatic rings. The molecule has 0 bridgehead atoms. The largest absolute Gasteiger partial charge is 0.487 e. The molecule has 1 amide bonds. The van der Waals surface area contributed by atoms with Gasteiger partial charge in [0.1, 0.15) is 12.4 Å². The highest BCUT2D eigenvalue weighted by atomic mass is 16.5. The van der Waals surface area contributed by atoms with Crippen molar-refractivity contribution in [3.05, 3.63) is 90.3 Å². The molecule has 0 aliphatic carbocycles. The fourth-order valence-electron chi connectivity index (χ4n) is 2.13. The molecule has 4 heteroatoms. The van der Waals surface area contributed by atoms with Crippen LogP contribution in [0, 0.1) is 0 Å². The molecule has 0 aliphatic rings. The zero-order valence-electron chi connectivity index (χ0n) is 12.5. The second-order valence-corrected chi connectivity index (χ2v) is 4.96. The molecule has 2 aromatic carbocycles. The van der Waals surface area contributed by atoms with Crippen molar-refractivity contribution in [3.63, 3.8) is 0 Å². The molecule has 23 heavy (non-hydrogen) atoms. The number of para-hydroxylation sites is 2. The number of benzene rings is 2. The second-order valence-electron chi connectivity index (χ2n) is 4.96. The highest BCUT2D eigenvalue weighted by Crippen LogP contribution is 2.25. The summed E-state index contributed by atoms with van der Waals surface area (Å²) >= 11 is 0. The van der Waals surface area contributed by atoms with E-state index in [9.17, 15) is 4.79 Å². The number of hydrogen-bond acceptors (Lipinski definition) is 3. The molecule has 1 N–H and O–H groups in total. The highest BCUT2D eigenvalue weighted by molar-refractivity contribution is 6.04. The van der Waals surface area contributed by atoms with Crippen LogP contribution in [0.25, 0.3) is 0 Å². The summed E-state index contributed by atoms with van der Waals surface area (Å²) in [4.78, 5) is 16.2. The normalized spacial score (nSPS) is 10.1. The van der Waals surface area contributed by atoms with Crippen LogP contribution in [0.3, 0.4) is 0 Å². The van der Waals surface area contributed by atoms with Crippen LogP contribution in [0.15, 0.2) is 79.1 Å². The average Bonchev–Trinajstić information content (AvgIpc) is 2.62. The van der Waals surface area contributed by atoms with E-state index in [1.54, 1.807) is 24.5 Å². The minimum atomic E-state index is -0.192. The minimum absolute atomic E-state index is 0.192. The average molecular weight is 304 g/mol. The maximum Gasteiger partial charge on any atom is 0.255 e. The van der Waals surface area contributed by atoms with Crippen LogP contribution in [0.5, 0.6) is 5.75 Å². The number of nitrogens with one attached hydrogen (secondary N) is 1. The van der Waals surface area contributed by atoms with Crippen molar-refractivity contribution in [1.29, 1.82) is 0 Å². The number of amides is 1. The highest BCUT2D eigenvalue weighted by Gasteiger charge is 2.09. The number of pyridine rings is 1. The van der Waals surface area contributed by atoms with Crippen molar-refractivity contribution < 1.29 is 9.53 Å². The number of rotatable bonds is 5. The van der Waals surface area contributed by atoms with Gasteiger partial charge >= 0.3 is 0 Å². The molecule has 1 heterocycles. The van der Waals surface area contributed by atoms with E-state index in [-0.39, 0.29) is 5.91 Å². The quantitative estimate of drug-likeness (QED) is 0.777. The summed E-state index contributed by atoms with van der Waals surface area (Å²) < 4.78 is 5.83. The third kappa shape index (κ3) is 3.95. The Balaban J connectivity index is 1.72. The van der Waals surface area contributed by atoms with Gasteiger partial charge in [-0.3, -0.25) is 9.78 Å². The number of aromatic nitrogens is 1. The molecule has 0 aliphatic heterocycles. The molecule has 0 unspecified atom stereocenters. The van der Waals surface area contributed by atoms with Crippen LogP contribution >= 0.6 is 0 Å². The molecule has 114 valence electrons. The minimum Gasteiger partial charge on any atom is -0.487 e. The molecule has 3 rings (SSSR count). The Morgan fingerprint density at radius 1 is 0.913 bits per heavy atom. The summed E-state index contributed by atoms with van der Waals surface area (Å²) in [5.74, 6) is 0.446. The van der Waals surface area contributed by atoms with E-state index in [1.165, 1.54) is 0 Å². The number of nitrogens with zero attached hydrogens (tertiary/aromatic N) is 1. The number of carbonyl (C=O) groups excluding carboxylic acids is 1. The first kappa shape index (κ1) is 14.8. The maximum atomic E-state index is 12.2. The number of anilines is 1. The lowest BCUT2D eigenvalue weighted by Gasteiger charge is -2.12. The first-order valence-corrected chi connectivity index (χ1v) is 7.30. The van der Waals surface area contributed by atoms with Crippen molar-refractivity contribution in [2.75, 3.05) is 5.32 Å². The van der Waals surface area contributed by atoms with E-state index in [0.717, 1.165) is 5.56 Å². The van der Waals surface area contributed by atoms with Gasteiger partial charge in [0.25, 0.3) is 5.91 Å². The van der Waals surface area contributed by atoms with Crippen LogP contribution < -0.4 is 10.1 Å². The van der Waals surface area contributed by atoms with Gasteiger partial charge in [-0.05, 0) is 29.8 Å². The summed E-state index contributed by atoms with van der Waals surface area (Å²) in [5.41, 5.74) is 2.27. The van der Waals surface area contributed by atoms with Gasteiger partial charge in [0.2, 0.25) is 0 Å². The first-order valence-electron chi connectivity index (χ1n) is 7.30. The smallest absolute Gasteiger partial charge is 0.255 e. The SMILES string of the molecule is O=C(Nc1ccccc1OCc1ccccc1)c1ccncc1. The van der Waals surface area contributed by atoms with Gasteiger partial charge in [-0.2, -0.15) is 0 Å². The van der Waals surface area contributed by atoms with E-state index < -0.39 is 0 Å². The fourth-order valence-corrected chi connectivity index (χ4v) is 2.13. The van der Waals surface area contributed by atoms with Gasteiger partial charge < -0.3 is 10.1 Å². The lowest BCUT2D eigenvalue weighted by molar-refractivity contribution is 0.102. The van der Waals surface area contributed by atoms with Gasteiger partial charge in [-0.1, -0.05) is 42.5 Å². The summed E-state index contributed by atoms with van der Waals surface area (Å²) in [7, 11) is 0. The topological polar surface area (TPSA) is 51.2 Å². The molecule has 4 nitrogen and oxygen atoms in total. The summed E-state index contributed by atoms with van der Waals surface area (Å²) in [6.07, 6.45) is 3.18. The van der Waals surface area contributed by atoms with Gasteiger partial charge in [0, 0.05) is 18.0 Å². The Labute approximate surface area is 134 Å². The van der Waals surface area contributed by atoms with Gasteiger partial charge in [-0.25, -0.2) is 0 Å². The molecule has 0 fully saturated rings. The first-order chi connectivity index (χ1) is 11.3. The van der Waals surface area contributed by atoms with Crippen molar-refractivity contribution in [2.45, 2.75) is 6.61 Å². The van der Waals surface area contributed by atoms with Gasteiger partial charge in [-0.15, -0.1) is 0 Å². The number of hydrogen-bond donors (Lipinski definition) is 1. The second kappa shape index (κ2) is 7.22. The maximum absolute atomic E-state index is 12.2. The van der Waals surface area contributed by atoms with Crippen LogP contribution in [0.4, 0.5) is 5.69 Å². The number of ether oxygens (including phenoxy) is 1. The van der Waals surface area contributed by atoms with E-state index in [1.807, 2.05) is 54.6 Å². The van der Waals surface area contributed by atoms with E-state index in [2.05, 4.69) is 10.3 Å². The third-order valence-corrected chi connectivity index (χ3v) is 3.31. The molecular formula is C19H16N2O2. The fraction of sp³-hybridized carbons (Fsp3) is 0.0526. The van der Waals surface area contributed by atoms with Crippen LogP contribution in [-0.4, -0.2) is 10.9 Å². The van der Waals surface area contributed by atoms with Crippen LogP contribution in [0.1, 0.15) is 15.9 Å². The Bertz CT molecular complexity index is 774. The molecule has 0 radical (unpaired) electrons. The lowest BCUT2D eigenvalue weighted by Crippen LogP contribution is -2.12. The zero-order valence-corrected chi connectivity index (χ0v) is 12.5. The van der Waals surface area contributed by atoms with Gasteiger partial charge in [0.15, 0.2) is 0 Å². The van der Waals surface area contributed by atoms with Crippen LogP contribution in [0.2, 0.25) is 0 Å². The molecular weight excluding hydrogens is 288 g/mol. The lowest BCUT2D eigenvalue weighted by atomic mass is 10.2. The molecule has 0 atom stereocenters. The predicted molar refractivity (Wildman–Crippen MR) is 89.4 cm³/mol. The monoisotopic (exact) mass is 304 g/mol. The van der Waals surface area contributed by atoms with E-state index >= 15 is 0 Å². The Hall–Kier alpha value is -3.14. The van der Waals surface area contributed by atoms with Crippen LogP contribution in [-0.2, 0) is 6.61 Å². The predicted octanol–water partition coefficient (Wildman–Crippen LogP) is 3.91. The molecule has 0 saturated heterocycles. The van der Waals surface area contributed by atoms with Crippen molar-refractivity contribution in [2.24, 2.45) is 0 Å². The van der Waals surface area contributed by atoms with Crippen molar-refractivity contribution >= 4 is 11.6 Å². The molecule has 0 saturated carbocycles. The molecule has 1 aromatic heterocycles. The summed E-state index contributed by atoms with van der Waals surface area (Å²) in [6, 6.07) is 20.6.